The SMILES string of the molecule is COc1cc(Br)c(S(=O)(=O)NC(=O)[C@H]2C[C@@H]2c2ccco2)cc1OC. The molecule has 0 bridgehead atoms. The molecule has 0 unspecified atom stereocenters. The van der Waals surface area contributed by atoms with Crippen LogP contribution >= 0.6 is 15.9 Å². The van der Waals surface area contributed by atoms with Crippen molar-refractivity contribution in [3.8, 4) is 11.5 Å². The number of hydrogen-bond donors (Lipinski definition) is 1. The Balaban J connectivity index is 1.79. The molecule has 0 aliphatic heterocycles. The zero-order valence-corrected chi connectivity index (χ0v) is 15.9. The third-order valence-corrected chi connectivity index (χ3v) is 6.30. The molecular formula is C16H16BrNO6S. The smallest absolute Gasteiger partial charge is 0.265 e. The molecule has 9 heteroatoms. The molecule has 1 N–H and O–H groups in total. The standard InChI is InChI=1S/C16H16BrNO6S/c1-22-13-7-11(17)15(8-14(13)23-2)25(20,21)18-16(19)10-6-9(10)12-4-3-5-24-12/h3-5,7-10H,6H2,1-2H3,(H,18,19)/t9-,10-/m0/s1. The van der Waals surface area contributed by atoms with Crippen molar-refractivity contribution in [2.45, 2.75) is 17.2 Å². The van der Waals surface area contributed by atoms with Gasteiger partial charge < -0.3 is 13.9 Å². The highest BCUT2D eigenvalue weighted by molar-refractivity contribution is 9.10. The molecule has 2 aromatic rings. The van der Waals surface area contributed by atoms with Crippen molar-refractivity contribution in [2.24, 2.45) is 5.92 Å². The van der Waals surface area contributed by atoms with Gasteiger partial charge in [-0.15, -0.1) is 0 Å². The van der Waals surface area contributed by atoms with E-state index >= 15 is 0 Å². The summed E-state index contributed by atoms with van der Waals surface area (Å²) in [5.41, 5.74) is 0. The molecule has 0 spiro atoms. The van der Waals surface area contributed by atoms with E-state index in [1.165, 1.54) is 32.6 Å². The minimum absolute atomic E-state index is 0.0842. The highest BCUT2D eigenvalue weighted by Crippen LogP contribution is 2.48. The van der Waals surface area contributed by atoms with E-state index in [4.69, 9.17) is 13.9 Å². The summed E-state index contributed by atoms with van der Waals surface area (Å²) in [5.74, 6) is 0.255. The number of hydrogen-bond acceptors (Lipinski definition) is 6. The van der Waals surface area contributed by atoms with Crippen LogP contribution < -0.4 is 14.2 Å². The minimum Gasteiger partial charge on any atom is -0.493 e. The summed E-state index contributed by atoms with van der Waals surface area (Å²) < 4.78 is 43.0. The maximum atomic E-state index is 12.6. The Morgan fingerprint density at radius 3 is 2.56 bits per heavy atom. The molecule has 0 saturated heterocycles. The van der Waals surface area contributed by atoms with Gasteiger partial charge in [0.05, 0.1) is 20.5 Å². The lowest BCUT2D eigenvalue weighted by atomic mass is 10.2. The number of ether oxygens (including phenoxy) is 2. The second kappa shape index (κ2) is 6.72. The number of halogens is 1. The molecule has 25 heavy (non-hydrogen) atoms. The molecule has 2 atom stereocenters. The Labute approximate surface area is 153 Å². The summed E-state index contributed by atoms with van der Waals surface area (Å²) >= 11 is 3.19. The molecule has 134 valence electrons. The van der Waals surface area contributed by atoms with Gasteiger partial charge in [0.2, 0.25) is 5.91 Å². The fraction of sp³-hybridized carbons (Fsp3) is 0.312. The number of sulfonamides is 1. The first-order valence-corrected chi connectivity index (χ1v) is 9.66. The third-order valence-electron chi connectivity index (χ3n) is 4.00. The van der Waals surface area contributed by atoms with Gasteiger partial charge in [0.1, 0.15) is 10.7 Å². The maximum Gasteiger partial charge on any atom is 0.265 e. The van der Waals surface area contributed by atoms with Gasteiger partial charge in [-0.3, -0.25) is 4.79 Å². The lowest BCUT2D eigenvalue weighted by Gasteiger charge is -2.13. The molecule has 1 aromatic carbocycles. The maximum absolute atomic E-state index is 12.6. The first-order valence-electron chi connectivity index (χ1n) is 7.39. The molecule has 1 heterocycles. The molecule has 1 amide bonds. The number of nitrogens with one attached hydrogen (secondary N) is 1. The highest BCUT2D eigenvalue weighted by Gasteiger charge is 2.47. The van der Waals surface area contributed by atoms with Gasteiger partial charge in [-0.25, -0.2) is 13.1 Å². The van der Waals surface area contributed by atoms with Crippen LogP contribution in [0.4, 0.5) is 0 Å². The normalized spacial score (nSPS) is 19.3. The van der Waals surface area contributed by atoms with Crippen LogP contribution in [0.1, 0.15) is 18.1 Å². The number of furan rings is 1. The van der Waals surface area contributed by atoms with E-state index < -0.39 is 21.8 Å². The minimum atomic E-state index is -4.06. The summed E-state index contributed by atoms with van der Waals surface area (Å²) in [7, 11) is -1.21. The van der Waals surface area contributed by atoms with E-state index in [-0.39, 0.29) is 21.0 Å². The van der Waals surface area contributed by atoms with Crippen LogP contribution in [0, 0.1) is 5.92 Å². The number of methoxy groups -OCH3 is 2. The van der Waals surface area contributed by atoms with Crippen molar-refractivity contribution in [3.05, 3.63) is 40.8 Å². The van der Waals surface area contributed by atoms with Crippen molar-refractivity contribution in [2.75, 3.05) is 14.2 Å². The average molecular weight is 430 g/mol. The Kier molecular flexibility index (Phi) is 4.79. The van der Waals surface area contributed by atoms with Crippen molar-refractivity contribution >= 4 is 31.9 Å². The van der Waals surface area contributed by atoms with Gasteiger partial charge in [-0.2, -0.15) is 0 Å². The zero-order valence-electron chi connectivity index (χ0n) is 13.5. The Morgan fingerprint density at radius 2 is 1.96 bits per heavy atom. The fourth-order valence-corrected chi connectivity index (χ4v) is 4.67. The predicted octanol–water partition coefficient (Wildman–Crippen LogP) is 2.67. The molecule has 1 aliphatic carbocycles. The first kappa shape index (κ1) is 17.8. The monoisotopic (exact) mass is 429 g/mol. The zero-order chi connectivity index (χ0) is 18.2. The summed E-state index contributed by atoms with van der Waals surface area (Å²) in [6.07, 6.45) is 2.09. The van der Waals surface area contributed by atoms with E-state index in [9.17, 15) is 13.2 Å². The fourth-order valence-electron chi connectivity index (χ4n) is 2.61. The van der Waals surface area contributed by atoms with Crippen molar-refractivity contribution in [1.29, 1.82) is 0 Å². The van der Waals surface area contributed by atoms with Crippen LogP contribution in [0.2, 0.25) is 0 Å². The third kappa shape index (κ3) is 3.52. The first-order chi connectivity index (χ1) is 11.9. The van der Waals surface area contributed by atoms with Crippen molar-refractivity contribution in [3.63, 3.8) is 0 Å². The average Bonchev–Trinajstić information content (AvgIpc) is 3.19. The topological polar surface area (TPSA) is 94.8 Å². The quantitative estimate of drug-likeness (QED) is 0.758. The molecule has 1 saturated carbocycles. The van der Waals surface area contributed by atoms with Crippen LogP contribution in [-0.2, 0) is 14.8 Å². The van der Waals surface area contributed by atoms with Crippen LogP contribution in [0.5, 0.6) is 11.5 Å². The van der Waals surface area contributed by atoms with E-state index in [0.717, 1.165) is 0 Å². The summed E-state index contributed by atoms with van der Waals surface area (Å²) in [4.78, 5) is 12.2. The van der Waals surface area contributed by atoms with E-state index in [2.05, 4.69) is 20.7 Å². The summed E-state index contributed by atoms with van der Waals surface area (Å²) in [6, 6.07) is 6.29. The van der Waals surface area contributed by atoms with Gasteiger partial charge >= 0.3 is 0 Å². The highest BCUT2D eigenvalue weighted by atomic mass is 79.9. The van der Waals surface area contributed by atoms with Crippen LogP contribution in [0.25, 0.3) is 0 Å². The van der Waals surface area contributed by atoms with Gasteiger partial charge in [0.25, 0.3) is 10.0 Å². The van der Waals surface area contributed by atoms with E-state index in [1.807, 2.05) is 0 Å². The van der Waals surface area contributed by atoms with Gasteiger partial charge in [0, 0.05) is 22.4 Å². The van der Waals surface area contributed by atoms with Gasteiger partial charge in [-0.1, -0.05) is 0 Å². The van der Waals surface area contributed by atoms with Crippen LogP contribution in [-0.4, -0.2) is 28.5 Å². The van der Waals surface area contributed by atoms with Crippen LogP contribution in [0.3, 0.4) is 0 Å². The van der Waals surface area contributed by atoms with E-state index in [1.54, 1.807) is 12.1 Å². The Hall–Kier alpha value is -2.00. The molecule has 1 aliphatic rings. The number of carbonyl (C=O) groups is 1. The number of carbonyl (C=O) groups excluding carboxylic acids is 1. The van der Waals surface area contributed by atoms with Crippen molar-refractivity contribution < 1.29 is 27.1 Å². The summed E-state index contributed by atoms with van der Waals surface area (Å²) in [5, 5.41) is 0. The Morgan fingerprint density at radius 1 is 1.28 bits per heavy atom. The summed E-state index contributed by atoms with van der Waals surface area (Å²) in [6.45, 7) is 0. The number of benzene rings is 1. The van der Waals surface area contributed by atoms with E-state index in [0.29, 0.717) is 17.9 Å². The molecule has 3 rings (SSSR count). The predicted molar refractivity (Wildman–Crippen MR) is 92.1 cm³/mol. The number of amides is 1. The molecule has 1 fully saturated rings. The second-order valence-corrected chi connectivity index (χ2v) is 8.08. The Bertz CT molecular complexity index is 894. The molecular weight excluding hydrogens is 414 g/mol. The largest absolute Gasteiger partial charge is 0.493 e. The number of rotatable bonds is 6. The lowest BCUT2D eigenvalue weighted by Crippen LogP contribution is -2.32. The van der Waals surface area contributed by atoms with Crippen LogP contribution in [0.15, 0.2) is 44.3 Å². The van der Waals surface area contributed by atoms with Gasteiger partial charge in [0.15, 0.2) is 11.5 Å². The molecule has 1 aromatic heterocycles. The van der Waals surface area contributed by atoms with Gasteiger partial charge in [-0.05, 0) is 40.5 Å². The molecule has 0 radical (unpaired) electrons. The van der Waals surface area contributed by atoms with Crippen molar-refractivity contribution in [1.82, 2.24) is 4.72 Å². The lowest BCUT2D eigenvalue weighted by molar-refractivity contribution is -0.120. The second-order valence-electron chi connectivity index (χ2n) is 5.57. The molecule has 7 nitrogen and oxygen atoms in total.